The molecule has 3 aliphatic heterocycles. The number of thioether (sulfide) groups is 2. The van der Waals surface area contributed by atoms with Gasteiger partial charge in [-0.3, -0.25) is 14.2 Å². The summed E-state index contributed by atoms with van der Waals surface area (Å²) in [6.07, 6.45) is 11.9. The number of unbranched alkanes of at least 4 members (excludes halogenated alkanes) is 4. The quantitative estimate of drug-likeness (QED) is 0.129. The minimum Gasteiger partial charge on any atom is -0.356 e. The van der Waals surface area contributed by atoms with Gasteiger partial charge in [0.25, 0.3) is 5.56 Å². The summed E-state index contributed by atoms with van der Waals surface area (Å²) < 4.78 is 5.81. The molecular formula is C35H44ClN6O3S3+. The van der Waals surface area contributed by atoms with Crippen LogP contribution in [0.15, 0.2) is 52.3 Å². The highest BCUT2D eigenvalue weighted by molar-refractivity contribution is 8.08. The number of hydrogen-bond acceptors (Lipinski definition) is 7. The van der Waals surface area contributed by atoms with Crippen LogP contribution >= 0.6 is 46.5 Å². The number of urea groups is 1. The van der Waals surface area contributed by atoms with Gasteiger partial charge in [0, 0.05) is 72.1 Å². The van der Waals surface area contributed by atoms with Crippen molar-refractivity contribution in [2.45, 2.75) is 93.6 Å². The standard InChI is InChI=1S/C35H43ClN6O3S3/c1-3-42-30(48-32(33(42)44)34-40(2)26-20-23(36)15-16-27(26)47-34)21-24-12-8-11-19-41(24)18-10-5-4-9-17-37-29(43)14-7-6-13-28-31-25(22-46-28)38-35(45)39-31/h8,11-12,15-16,19-21,25,28,31H,3-7,9-10,13-14,17-18,22H2,1-2H3,(H2-,37,38,39,43,45)/p+1/b34-32+/t25-,28-,31-/m0/s1. The molecule has 2 aromatic heterocycles. The molecule has 0 saturated carbocycles. The van der Waals surface area contributed by atoms with E-state index < -0.39 is 0 Å². The number of thiazole rings is 1. The molecular weight excluding hydrogens is 684 g/mol. The van der Waals surface area contributed by atoms with Crippen LogP contribution in [0, 0.1) is 0 Å². The maximum Gasteiger partial charge on any atom is 0.315 e. The molecule has 0 bridgehead atoms. The van der Waals surface area contributed by atoms with Gasteiger partial charge in [0.2, 0.25) is 11.6 Å². The van der Waals surface area contributed by atoms with Crippen molar-refractivity contribution in [3.05, 3.63) is 72.9 Å². The molecule has 2 fully saturated rings. The summed E-state index contributed by atoms with van der Waals surface area (Å²) in [4.78, 5) is 40.6. The second-order valence-electron chi connectivity index (χ2n) is 12.5. The first kappa shape index (κ1) is 34.9. The predicted octanol–water partition coefficient (Wildman–Crippen LogP) is 4.41. The van der Waals surface area contributed by atoms with E-state index in [0.717, 1.165) is 94.3 Å². The van der Waals surface area contributed by atoms with Crippen molar-refractivity contribution in [1.82, 2.24) is 20.5 Å². The second kappa shape index (κ2) is 16.2. The zero-order chi connectivity index (χ0) is 33.6. The summed E-state index contributed by atoms with van der Waals surface area (Å²) in [5.74, 6) is 1.11. The number of carbonyl (C=O) groups excluding carboxylic acids is 2. The molecule has 3 atom stereocenters. The molecule has 6 rings (SSSR count). The molecule has 0 radical (unpaired) electrons. The number of hydrogen-bond donors (Lipinski definition) is 3. The van der Waals surface area contributed by atoms with Crippen molar-refractivity contribution in [3.8, 4) is 0 Å². The van der Waals surface area contributed by atoms with Crippen molar-refractivity contribution in [3.63, 3.8) is 0 Å². The number of pyridine rings is 1. The molecule has 3 aliphatic rings. The Morgan fingerprint density at radius 3 is 2.81 bits per heavy atom. The summed E-state index contributed by atoms with van der Waals surface area (Å²) >= 11 is 11.3. The Bertz CT molecular complexity index is 1830. The molecule has 0 aliphatic carbocycles. The topological polar surface area (TPSA) is 99.3 Å². The number of aromatic nitrogens is 2. The van der Waals surface area contributed by atoms with Crippen molar-refractivity contribution >= 4 is 75.2 Å². The number of aryl methyl sites for hydroxylation is 1. The van der Waals surface area contributed by atoms with Gasteiger partial charge in [-0.15, -0.1) is 11.3 Å². The minimum absolute atomic E-state index is 0.0378. The Balaban J connectivity index is 0.955. The molecule has 0 spiro atoms. The molecule has 1 aromatic carbocycles. The Kier molecular flexibility index (Phi) is 11.8. The van der Waals surface area contributed by atoms with Crippen LogP contribution in [0.3, 0.4) is 0 Å². The van der Waals surface area contributed by atoms with Gasteiger partial charge in [-0.2, -0.15) is 16.3 Å². The van der Waals surface area contributed by atoms with Crippen LogP contribution in [0.5, 0.6) is 0 Å². The summed E-state index contributed by atoms with van der Waals surface area (Å²) in [6, 6.07) is 12.5. The largest absolute Gasteiger partial charge is 0.356 e. The molecule has 5 heterocycles. The van der Waals surface area contributed by atoms with Crippen molar-refractivity contribution in [2.24, 2.45) is 0 Å². The summed E-state index contributed by atoms with van der Waals surface area (Å²) in [7, 11) is 1.99. The van der Waals surface area contributed by atoms with Crippen LogP contribution in [0.1, 0.15) is 64.0 Å². The minimum atomic E-state index is -0.0465. The van der Waals surface area contributed by atoms with E-state index in [0.29, 0.717) is 23.2 Å². The lowest BCUT2D eigenvalue weighted by atomic mass is 10.0. The molecule has 256 valence electrons. The Morgan fingerprint density at radius 1 is 1.10 bits per heavy atom. The Hall–Kier alpha value is -2.93. The van der Waals surface area contributed by atoms with E-state index in [1.54, 1.807) is 23.1 Å². The highest BCUT2D eigenvalue weighted by Gasteiger charge is 2.42. The van der Waals surface area contributed by atoms with Crippen LogP contribution in [0.25, 0.3) is 11.1 Å². The lowest BCUT2D eigenvalue weighted by Crippen LogP contribution is -2.38. The third kappa shape index (κ3) is 8.09. The smallest absolute Gasteiger partial charge is 0.315 e. The lowest BCUT2D eigenvalue weighted by molar-refractivity contribution is -0.699. The molecule has 0 unspecified atom stereocenters. The summed E-state index contributed by atoms with van der Waals surface area (Å²) in [5, 5.41) is 11.2. The van der Waals surface area contributed by atoms with Crippen molar-refractivity contribution < 1.29 is 14.2 Å². The molecule has 9 nitrogen and oxygen atoms in total. The first-order valence-electron chi connectivity index (χ1n) is 16.9. The summed E-state index contributed by atoms with van der Waals surface area (Å²) in [5.41, 5.74) is 2.13. The van der Waals surface area contributed by atoms with Gasteiger partial charge in [-0.25, -0.2) is 4.79 Å². The van der Waals surface area contributed by atoms with E-state index in [1.807, 2.05) is 54.6 Å². The predicted molar refractivity (Wildman–Crippen MR) is 198 cm³/mol. The fourth-order valence-corrected chi connectivity index (χ4v) is 10.7. The number of carbonyl (C=O) groups is 2. The molecule has 3 amide bonds. The van der Waals surface area contributed by atoms with E-state index in [2.05, 4.69) is 49.8 Å². The fourth-order valence-electron chi connectivity index (χ4n) is 6.59. The SMILES string of the molecule is CCn1c(=O)/c(=C2\Sc3ccc(Cl)cc3N2C)s/c1=C\c1cccc[n+]1CCCCCCNC(=O)CCCC[C@@H]1SC[C@@H]2NC(=O)N[C@@H]21. The number of anilines is 1. The van der Waals surface area contributed by atoms with Gasteiger partial charge in [0.15, 0.2) is 6.20 Å². The van der Waals surface area contributed by atoms with Gasteiger partial charge in [0.1, 0.15) is 20.8 Å². The summed E-state index contributed by atoms with van der Waals surface area (Å²) in [6.45, 7) is 4.23. The molecule has 2 saturated heterocycles. The molecule has 13 heteroatoms. The molecule has 3 aromatic rings. The number of amides is 3. The van der Waals surface area contributed by atoms with Crippen LogP contribution in [-0.2, 0) is 17.9 Å². The maximum atomic E-state index is 13.6. The van der Waals surface area contributed by atoms with Gasteiger partial charge < -0.3 is 20.9 Å². The van der Waals surface area contributed by atoms with Gasteiger partial charge in [-0.1, -0.05) is 36.2 Å². The monoisotopic (exact) mass is 727 g/mol. The van der Waals surface area contributed by atoms with E-state index in [4.69, 9.17) is 11.6 Å². The first-order chi connectivity index (χ1) is 23.3. The Morgan fingerprint density at radius 2 is 1.96 bits per heavy atom. The van der Waals surface area contributed by atoms with E-state index in [1.165, 1.54) is 0 Å². The van der Waals surface area contributed by atoms with Crippen molar-refractivity contribution in [1.29, 1.82) is 0 Å². The average molecular weight is 728 g/mol. The number of nitrogens with one attached hydrogen (secondary N) is 3. The average Bonchev–Trinajstić information content (AvgIpc) is 3.81. The van der Waals surface area contributed by atoms with E-state index in [-0.39, 0.29) is 29.6 Å². The van der Waals surface area contributed by atoms with E-state index >= 15 is 0 Å². The number of rotatable bonds is 14. The highest BCUT2D eigenvalue weighted by Crippen LogP contribution is 2.46. The van der Waals surface area contributed by atoms with Crippen LogP contribution in [-0.4, -0.2) is 53.2 Å². The number of nitrogens with zero attached hydrogens (tertiary/aromatic N) is 3. The van der Waals surface area contributed by atoms with Crippen LogP contribution in [0.4, 0.5) is 10.5 Å². The van der Waals surface area contributed by atoms with Crippen molar-refractivity contribution in [2.75, 3.05) is 24.2 Å². The van der Waals surface area contributed by atoms with E-state index in [9.17, 15) is 14.4 Å². The maximum absolute atomic E-state index is 13.6. The van der Waals surface area contributed by atoms with Gasteiger partial charge >= 0.3 is 6.03 Å². The lowest BCUT2D eigenvalue weighted by Gasteiger charge is -2.16. The van der Waals surface area contributed by atoms with Gasteiger partial charge in [-0.05, 0) is 56.9 Å². The highest BCUT2D eigenvalue weighted by atomic mass is 35.5. The Labute approximate surface area is 299 Å². The zero-order valence-corrected chi connectivity index (χ0v) is 30.7. The fraction of sp³-hybridized carbons (Fsp3) is 0.486. The number of benzene rings is 1. The first-order valence-corrected chi connectivity index (χ1v) is 20.0. The number of halogens is 1. The van der Waals surface area contributed by atoms with Crippen LogP contribution < -0.4 is 40.2 Å². The number of fused-ring (bicyclic) bond motifs is 2. The third-order valence-electron chi connectivity index (χ3n) is 9.19. The zero-order valence-electron chi connectivity index (χ0n) is 27.5. The van der Waals surface area contributed by atoms with Gasteiger partial charge in [0.05, 0.1) is 17.8 Å². The third-order valence-corrected chi connectivity index (χ3v) is 13.4. The van der Waals surface area contributed by atoms with Crippen LogP contribution in [0.2, 0.25) is 5.02 Å². The molecule has 3 N–H and O–H groups in total. The molecule has 48 heavy (non-hydrogen) atoms. The normalized spacial score (nSPS) is 21.3. The second-order valence-corrected chi connectivity index (χ2v) is 16.3.